The van der Waals surface area contributed by atoms with Crippen LogP contribution in [0.15, 0.2) is 24.5 Å². The highest BCUT2D eigenvalue weighted by Gasteiger charge is 2.19. The predicted molar refractivity (Wildman–Crippen MR) is 56.7 cm³/mol. The van der Waals surface area contributed by atoms with E-state index in [0.29, 0.717) is 0 Å². The number of hydrogen-bond donors (Lipinski definition) is 0. The molecule has 16 heavy (non-hydrogen) atoms. The van der Waals surface area contributed by atoms with Crippen LogP contribution in [-0.2, 0) is 19.1 Å². The minimum atomic E-state index is -0.345. The van der Waals surface area contributed by atoms with E-state index in [4.69, 9.17) is 0 Å². The predicted octanol–water partition coefficient (Wildman–Crippen LogP) is 1.16. The monoisotopic (exact) mass is 225 g/mol. The summed E-state index contributed by atoms with van der Waals surface area (Å²) in [4.78, 5) is 22.4. The molecule has 0 aliphatic heterocycles. The first-order valence-electron chi connectivity index (χ1n) is 4.93. The number of esters is 2. The van der Waals surface area contributed by atoms with Crippen molar-refractivity contribution in [2.24, 2.45) is 0 Å². The first kappa shape index (κ1) is 12.3. The average Bonchev–Trinajstić information content (AvgIpc) is 2.81. The van der Waals surface area contributed by atoms with Crippen LogP contribution in [0.3, 0.4) is 0 Å². The summed E-state index contributed by atoms with van der Waals surface area (Å²) in [7, 11) is 2.65. The van der Waals surface area contributed by atoms with E-state index in [1.54, 1.807) is 17.0 Å². The third kappa shape index (κ3) is 3.42. The Balaban J connectivity index is 2.69. The van der Waals surface area contributed by atoms with Crippen molar-refractivity contribution in [3.05, 3.63) is 24.5 Å². The third-order valence-electron chi connectivity index (χ3n) is 2.31. The molecule has 0 N–H and O–H groups in total. The van der Waals surface area contributed by atoms with Gasteiger partial charge in [0.1, 0.15) is 0 Å². The van der Waals surface area contributed by atoms with Crippen molar-refractivity contribution in [1.29, 1.82) is 0 Å². The van der Waals surface area contributed by atoms with E-state index in [-0.39, 0.29) is 30.8 Å². The summed E-state index contributed by atoms with van der Waals surface area (Å²) >= 11 is 0. The Morgan fingerprint density at radius 1 is 1.06 bits per heavy atom. The van der Waals surface area contributed by atoms with E-state index < -0.39 is 0 Å². The molecule has 1 aromatic heterocycles. The molecular formula is C11H15NO4. The summed E-state index contributed by atoms with van der Waals surface area (Å²) in [6.07, 6.45) is 3.91. The van der Waals surface area contributed by atoms with Gasteiger partial charge in [-0.1, -0.05) is 0 Å². The highest BCUT2D eigenvalue weighted by Crippen LogP contribution is 2.17. The van der Waals surface area contributed by atoms with Crippen molar-refractivity contribution >= 4 is 11.9 Å². The zero-order valence-corrected chi connectivity index (χ0v) is 9.38. The Morgan fingerprint density at radius 2 is 1.50 bits per heavy atom. The number of rotatable bonds is 5. The first-order valence-corrected chi connectivity index (χ1v) is 4.93. The van der Waals surface area contributed by atoms with Gasteiger partial charge < -0.3 is 14.0 Å². The van der Waals surface area contributed by atoms with Gasteiger partial charge in [0.15, 0.2) is 0 Å². The van der Waals surface area contributed by atoms with Crippen molar-refractivity contribution in [1.82, 2.24) is 4.57 Å². The summed E-state index contributed by atoms with van der Waals surface area (Å²) in [5.74, 6) is -0.690. The molecule has 0 saturated heterocycles. The van der Waals surface area contributed by atoms with Crippen LogP contribution in [0.5, 0.6) is 0 Å². The minimum Gasteiger partial charge on any atom is -0.469 e. The van der Waals surface area contributed by atoms with E-state index >= 15 is 0 Å². The zero-order valence-electron chi connectivity index (χ0n) is 9.38. The van der Waals surface area contributed by atoms with Gasteiger partial charge >= 0.3 is 11.9 Å². The van der Waals surface area contributed by atoms with E-state index in [1.165, 1.54) is 14.2 Å². The fourth-order valence-corrected chi connectivity index (χ4v) is 1.43. The summed E-state index contributed by atoms with van der Waals surface area (Å²) in [5, 5.41) is 0. The van der Waals surface area contributed by atoms with Gasteiger partial charge in [0.2, 0.25) is 0 Å². The smallest absolute Gasteiger partial charge is 0.307 e. The molecule has 0 saturated carbocycles. The maximum Gasteiger partial charge on any atom is 0.307 e. The lowest BCUT2D eigenvalue weighted by Gasteiger charge is -2.16. The lowest BCUT2D eigenvalue weighted by Crippen LogP contribution is -2.18. The second-order valence-corrected chi connectivity index (χ2v) is 3.34. The molecule has 5 heteroatoms. The van der Waals surface area contributed by atoms with Crippen LogP contribution in [0, 0.1) is 0 Å². The molecular weight excluding hydrogens is 210 g/mol. The normalized spacial score (nSPS) is 10.2. The van der Waals surface area contributed by atoms with Gasteiger partial charge in [0, 0.05) is 12.4 Å². The standard InChI is InChI=1S/C11H15NO4/c1-15-10(13)7-9(8-11(14)16-2)12-5-3-4-6-12/h3-6,9H,7-8H2,1-2H3. The number of methoxy groups -OCH3 is 2. The molecule has 0 aromatic carbocycles. The van der Waals surface area contributed by atoms with E-state index in [0.717, 1.165) is 0 Å². The molecule has 0 aliphatic rings. The van der Waals surface area contributed by atoms with Gasteiger partial charge in [-0.25, -0.2) is 0 Å². The fourth-order valence-electron chi connectivity index (χ4n) is 1.43. The second-order valence-electron chi connectivity index (χ2n) is 3.34. The van der Waals surface area contributed by atoms with Gasteiger partial charge in [-0.05, 0) is 12.1 Å². The SMILES string of the molecule is COC(=O)CC(CC(=O)OC)n1cccc1. The largest absolute Gasteiger partial charge is 0.469 e. The van der Waals surface area contributed by atoms with Gasteiger partial charge in [0.05, 0.1) is 33.1 Å². The van der Waals surface area contributed by atoms with Crippen molar-refractivity contribution < 1.29 is 19.1 Å². The molecule has 1 rings (SSSR count). The van der Waals surface area contributed by atoms with Crippen LogP contribution >= 0.6 is 0 Å². The van der Waals surface area contributed by atoms with Crippen molar-refractivity contribution in [3.63, 3.8) is 0 Å². The Bertz CT molecular complexity index is 327. The van der Waals surface area contributed by atoms with Gasteiger partial charge in [0.25, 0.3) is 0 Å². The molecule has 1 aromatic rings. The van der Waals surface area contributed by atoms with Crippen LogP contribution in [0.1, 0.15) is 18.9 Å². The van der Waals surface area contributed by atoms with Crippen LogP contribution in [-0.4, -0.2) is 30.7 Å². The summed E-state index contributed by atoms with van der Waals surface area (Å²) in [5.41, 5.74) is 0. The van der Waals surface area contributed by atoms with Crippen LogP contribution < -0.4 is 0 Å². The number of carbonyl (C=O) groups excluding carboxylic acids is 2. The van der Waals surface area contributed by atoms with Gasteiger partial charge in [-0.15, -0.1) is 0 Å². The fraction of sp³-hybridized carbons (Fsp3) is 0.455. The molecule has 0 spiro atoms. The molecule has 5 nitrogen and oxygen atoms in total. The third-order valence-corrected chi connectivity index (χ3v) is 2.31. The maximum absolute atomic E-state index is 11.2. The number of ether oxygens (including phenoxy) is 2. The van der Waals surface area contributed by atoms with Crippen molar-refractivity contribution in [2.45, 2.75) is 18.9 Å². The number of aromatic nitrogens is 1. The average molecular weight is 225 g/mol. The van der Waals surface area contributed by atoms with Gasteiger partial charge in [-0.2, -0.15) is 0 Å². The molecule has 0 bridgehead atoms. The molecule has 0 unspecified atom stereocenters. The Labute approximate surface area is 94.0 Å². The summed E-state index contributed by atoms with van der Waals surface area (Å²) in [6, 6.07) is 3.42. The van der Waals surface area contributed by atoms with E-state index in [1.807, 2.05) is 12.1 Å². The molecule has 0 fully saturated rings. The number of carbonyl (C=O) groups is 2. The lowest BCUT2D eigenvalue weighted by atomic mass is 10.1. The lowest BCUT2D eigenvalue weighted by molar-refractivity contribution is -0.144. The van der Waals surface area contributed by atoms with Crippen LogP contribution in [0.2, 0.25) is 0 Å². The number of nitrogens with zero attached hydrogens (tertiary/aromatic N) is 1. The minimum absolute atomic E-state index is 0.153. The molecule has 0 aliphatic carbocycles. The van der Waals surface area contributed by atoms with E-state index in [9.17, 15) is 9.59 Å². The molecule has 0 radical (unpaired) electrons. The highest BCUT2D eigenvalue weighted by atomic mass is 16.5. The van der Waals surface area contributed by atoms with Crippen LogP contribution in [0.25, 0.3) is 0 Å². The zero-order chi connectivity index (χ0) is 12.0. The molecule has 1 heterocycles. The quantitative estimate of drug-likeness (QED) is 0.705. The van der Waals surface area contributed by atoms with Gasteiger partial charge in [-0.3, -0.25) is 9.59 Å². The Kier molecular flexibility index (Phi) is 4.57. The maximum atomic E-state index is 11.2. The molecule has 88 valence electrons. The number of hydrogen-bond acceptors (Lipinski definition) is 4. The Hall–Kier alpha value is -1.78. The topological polar surface area (TPSA) is 57.5 Å². The Morgan fingerprint density at radius 3 is 1.88 bits per heavy atom. The molecule has 0 atom stereocenters. The first-order chi connectivity index (χ1) is 7.67. The summed E-state index contributed by atoms with van der Waals surface area (Å²) < 4.78 is 11.0. The van der Waals surface area contributed by atoms with Crippen LogP contribution in [0.4, 0.5) is 0 Å². The van der Waals surface area contributed by atoms with Crippen molar-refractivity contribution in [2.75, 3.05) is 14.2 Å². The second kappa shape index (κ2) is 5.95. The van der Waals surface area contributed by atoms with E-state index in [2.05, 4.69) is 9.47 Å². The van der Waals surface area contributed by atoms with Crippen molar-refractivity contribution in [3.8, 4) is 0 Å². The molecule has 0 amide bonds. The highest BCUT2D eigenvalue weighted by molar-refractivity contribution is 5.73. The summed E-state index contributed by atoms with van der Waals surface area (Å²) in [6.45, 7) is 0.